The predicted octanol–water partition coefficient (Wildman–Crippen LogP) is 1.48. The number of hydrogen-bond donors (Lipinski definition) is 1. The maximum absolute atomic E-state index is 5.20. The first-order valence-electron chi connectivity index (χ1n) is 4.32. The molecule has 1 aromatic heterocycles. The van der Waals surface area contributed by atoms with Gasteiger partial charge in [-0.1, -0.05) is 0 Å². The number of pyridine rings is 1. The van der Waals surface area contributed by atoms with Gasteiger partial charge in [0, 0.05) is 19.3 Å². The molecular weight excluding hydrogens is 182 g/mol. The van der Waals surface area contributed by atoms with Crippen LogP contribution in [0.3, 0.4) is 0 Å². The summed E-state index contributed by atoms with van der Waals surface area (Å²) in [5.41, 5.74) is 0.958. The van der Waals surface area contributed by atoms with E-state index in [1.807, 2.05) is 12.1 Å². The van der Waals surface area contributed by atoms with Crippen LogP contribution in [0.4, 0.5) is 5.69 Å². The normalized spacial score (nSPS) is 14.9. The first-order chi connectivity index (χ1) is 6.36. The van der Waals surface area contributed by atoms with Crippen molar-refractivity contribution in [1.29, 1.82) is 0 Å². The lowest BCUT2D eigenvalue weighted by Gasteiger charge is -2.33. The van der Waals surface area contributed by atoms with Crippen molar-refractivity contribution in [2.45, 2.75) is 6.42 Å². The summed E-state index contributed by atoms with van der Waals surface area (Å²) in [7, 11) is 0. The van der Waals surface area contributed by atoms with Gasteiger partial charge in [0.2, 0.25) is 0 Å². The topological polar surface area (TPSA) is 28.2 Å². The molecule has 1 aromatic rings. The minimum atomic E-state index is 0.805. The van der Waals surface area contributed by atoms with E-state index >= 15 is 0 Å². The Labute approximate surface area is 82.8 Å². The minimum Gasteiger partial charge on any atom is -0.349 e. The summed E-state index contributed by atoms with van der Waals surface area (Å²) >= 11 is 5.20. The number of anilines is 1. The second kappa shape index (κ2) is 3.70. The third-order valence-corrected chi connectivity index (χ3v) is 2.42. The van der Waals surface area contributed by atoms with Crippen molar-refractivity contribution < 1.29 is 0 Å². The van der Waals surface area contributed by atoms with E-state index in [0.717, 1.165) is 23.9 Å². The van der Waals surface area contributed by atoms with Gasteiger partial charge >= 0.3 is 0 Å². The van der Waals surface area contributed by atoms with Crippen LogP contribution in [-0.2, 0) is 0 Å². The lowest BCUT2D eigenvalue weighted by Crippen LogP contribution is -2.44. The van der Waals surface area contributed by atoms with Gasteiger partial charge in [0.25, 0.3) is 0 Å². The molecule has 0 radical (unpaired) electrons. The predicted molar refractivity (Wildman–Crippen MR) is 56.6 cm³/mol. The summed E-state index contributed by atoms with van der Waals surface area (Å²) in [4.78, 5) is 6.14. The number of rotatable bonds is 1. The fourth-order valence-corrected chi connectivity index (χ4v) is 1.46. The van der Waals surface area contributed by atoms with Crippen LogP contribution in [0.1, 0.15) is 6.42 Å². The summed E-state index contributed by atoms with van der Waals surface area (Å²) in [6.07, 6.45) is 4.76. The van der Waals surface area contributed by atoms with Gasteiger partial charge in [-0.05, 0) is 30.8 Å². The standard InChI is InChI=1S/C9H11N3S/c13-9(12-5-2-6-12)11-8-3-1-4-10-7-8/h1,3-4,7H,2,5-6H2,(H,11,13). The molecule has 0 saturated carbocycles. The van der Waals surface area contributed by atoms with Crippen molar-refractivity contribution in [2.24, 2.45) is 0 Å². The van der Waals surface area contributed by atoms with Crippen molar-refractivity contribution in [2.75, 3.05) is 18.4 Å². The molecule has 0 aromatic carbocycles. The second-order valence-corrected chi connectivity index (χ2v) is 3.40. The molecule has 1 aliphatic rings. The van der Waals surface area contributed by atoms with Crippen molar-refractivity contribution in [3.8, 4) is 0 Å². The average Bonchev–Trinajstić information content (AvgIpc) is 2.02. The minimum absolute atomic E-state index is 0.805. The molecule has 0 bridgehead atoms. The van der Waals surface area contributed by atoms with Gasteiger partial charge in [0.05, 0.1) is 11.9 Å². The Hall–Kier alpha value is -1.16. The maximum Gasteiger partial charge on any atom is 0.173 e. The second-order valence-electron chi connectivity index (χ2n) is 3.01. The Kier molecular flexibility index (Phi) is 2.40. The zero-order valence-electron chi connectivity index (χ0n) is 7.23. The zero-order chi connectivity index (χ0) is 9.10. The highest BCUT2D eigenvalue weighted by Crippen LogP contribution is 2.10. The Morgan fingerprint density at radius 1 is 1.54 bits per heavy atom. The molecule has 3 nitrogen and oxygen atoms in total. The van der Waals surface area contributed by atoms with E-state index in [0.29, 0.717) is 0 Å². The highest BCUT2D eigenvalue weighted by molar-refractivity contribution is 7.80. The molecule has 13 heavy (non-hydrogen) atoms. The molecule has 68 valence electrons. The van der Waals surface area contributed by atoms with Crippen LogP contribution < -0.4 is 5.32 Å². The Balaban J connectivity index is 1.94. The zero-order valence-corrected chi connectivity index (χ0v) is 8.05. The fourth-order valence-electron chi connectivity index (χ4n) is 1.16. The number of thiocarbonyl (C=S) groups is 1. The van der Waals surface area contributed by atoms with Gasteiger partial charge in [0.1, 0.15) is 0 Å². The summed E-state index contributed by atoms with van der Waals surface area (Å²) < 4.78 is 0. The lowest BCUT2D eigenvalue weighted by atomic mass is 10.2. The molecule has 1 aliphatic heterocycles. The van der Waals surface area contributed by atoms with E-state index in [-0.39, 0.29) is 0 Å². The van der Waals surface area contributed by atoms with Crippen molar-refractivity contribution in [3.05, 3.63) is 24.5 Å². The summed E-state index contributed by atoms with van der Waals surface area (Å²) in [5.74, 6) is 0. The summed E-state index contributed by atoms with van der Waals surface area (Å²) in [6, 6.07) is 3.85. The van der Waals surface area contributed by atoms with Gasteiger partial charge in [-0.15, -0.1) is 0 Å². The van der Waals surface area contributed by atoms with Crippen molar-refractivity contribution >= 4 is 23.0 Å². The fraction of sp³-hybridized carbons (Fsp3) is 0.333. The van der Waals surface area contributed by atoms with E-state index in [1.54, 1.807) is 12.4 Å². The molecular formula is C9H11N3S. The first-order valence-corrected chi connectivity index (χ1v) is 4.73. The molecule has 0 aliphatic carbocycles. The maximum atomic E-state index is 5.20. The molecule has 2 rings (SSSR count). The van der Waals surface area contributed by atoms with Crippen LogP contribution >= 0.6 is 12.2 Å². The van der Waals surface area contributed by atoms with Gasteiger partial charge in [-0.2, -0.15) is 0 Å². The number of likely N-dealkylation sites (tertiary alicyclic amines) is 1. The monoisotopic (exact) mass is 193 g/mol. The Bertz CT molecular complexity index is 295. The van der Waals surface area contributed by atoms with Crippen LogP contribution in [0.15, 0.2) is 24.5 Å². The number of aromatic nitrogens is 1. The van der Waals surface area contributed by atoms with E-state index in [4.69, 9.17) is 12.2 Å². The van der Waals surface area contributed by atoms with E-state index in [2.05, 4.69) is 15.2 Å². The Morgan fingerprint density at radius 3 is 2.92 bits per heavy atom. The molecule has 0 spiro atoms. The van der Waals surface area contributed by atoms with Gasteiger partial charge in [0.15, 0.2) is 5.11 Å². The molecule has 4 heteroatoms. The molecule has 0 unspecified atom stereocenters. The van der Waals surface area contributed by atoms with Crippen LogP contribution in [0.5, 0.6) is 0 Å². The van der Waals surface area contributed by atoms with Crippen LogP contribution in [0.2, 0.25) is 0 Å². The average molecular weight is 193 g/mol. The quantitative estimate of drug-likeness (QED) is 0.684. The molecule has 1 saturated heterocycles. The highest BCUT2D eigenvalue weighted by Gasteiger charge is 2.16. The number of hydrogen-bond acceptors (Lipinski definition) is 2. The highest BCUT2D eigenvalue weighted by atomic mass is 32.1. The van der Waals surface area contributed by atoms with E-state index < -0.39 is 0 Å². The molecule has 1 N–H and O–H groups in total. The smallest absolute Gasteiger partial charge is 0.173 e. The molecule has 0 atom stereocenters. The van der Waals surface area contributed by atoms with Crippen molar-refractivity contribution in [1.82, 2.24) is 9.88 Å². The molecule has 1 fully saturated rings. The van der Waals surface area contributed by atoms with Gasteiger partial charge in [-0.3, -0.25) is 4.98 Å². The number of nitrogens with zero attached hydrogens (tertiary/aromatic N) is 2. The Morgan fingerprint density at radius 2 is 2.38 bits per heavy atom. The lowest BCUT2D eigenvalue weighted by molar-refractivity contribution is 0.304. The number of nitrogens with one attached hydrogen (secondary N) is 1. The third kappa shape index (κ3) is 1.95. The van der Waals surface area contributed by atoms with Crippen LogP contribution in [-0.4, -0.2) is 28.1 Å². The SMILES string of the molecule is S=C(Nc1cccnc1)N1CCC1. The van der Waals surface area contributed by atoms with Gasteiger partial charge < -0.3 is 10.2 Å². The molecule has 2 heterocycles. The summed E-state index contributed by atoms with van der Waals surface area (Å²) in [5, 5.41) is 3.94. The van der Waals surface area contributed by atoms with Crippen LogP contribution in [0, 0.1) is 0 Å². The van der Waals surface area contributed by atoms with Crippen molar-refractivity contribution in [3.63, 3.8) is 0 Å². The first kappa shape index (κ1) is 8.44. The third-order valence-electron chi connectivity index (χ3n) is 2.06. The molecule has 0 amide bonds. The van der Waals surface area contributed by atoms with E-state index in [1.165, 1.54) is 6.42 Å². The van der Waals surface area contributed by atoms with Gasteiger partial charge in [-0.25, -0.2) is 0 Å². The van der Waals surface area contributed by atoms with E-state index in [9.17, 15) is 0 Å². The van der Waals surface area contributed by atoms with Crippen LogP contribution in [0.25, 0.3) is 0 Å². The largest absolute Gasteiger partial charge is 0.349 e. The summed E-state index contributed by atoms with van der Waals surface area (Å²) in [6.45, 7) is 2.15.